The summed E-state index contributed by atoms with van der Waals surface area (Å²) in [5.41, 5.74) is 0.485. The van der Waals surface area contributed by atoms with Crippen LogP contribution in [-0.4, -0.2) is 11.1 Å². The molecule has 90 valence electrons. The van der Waals surface area contributed by atoms with Crippen molar-refractivity contribution in [1.29, 1.82) is 0 Å². The molecule has 0 radical (unpaired) electrons. The molecule has 0 heterocycles. The molecule has 2 rings (SSSR count). The van der Waals surface area contributed by atoms with E-state index >= 15 is 0 Å². The highest BCUT2D eigenvalue weighted by Gasteiger charge is 2.36. The van der Waals surface area contributed by atoms with Crippen LogP contribution < -0.4 is 0 Å². The van der Waals surface area contributed by atoms with Gasteiger partial charge in [-0.25, -0.2) is 4.79 Å². The Morgan fingerprint density at radius 2 is 1.38 bits per heavy atom. The van der Waals surface area contributed by atoms with Gasteiger partial charge in [-0.05, 0) is 43.4 Å². The fraction of sp³-hybridized carbons (Fsp3) is 0.786. The molecule has 0 aromatic heterocycles. The molecule has 0 bridgehead atoms. The van der Waals surface area contributed by atoms with Gasteiger partial charge in [-0.3, -0.25) is 0 Å². The molecule has 0 aromatic carbocycles. The number of aliphatic carboxylic acids is 1. The normalized spacial score (nSPS) is 23.1. The van der Waals surface area contributed by atoms with Crippen LogP contribution in [0.3, 0.4) is 0 Å². The Morgan fingerprint density at radius 1 is 1.00 bits per heavy atom. The molecule has 0 spiro atoms. The van der Waals surface area contributed by atoms with Gasteiger partial charge in [0.25, 0.3) is 0 Å². The Bertz CT molecular complexity index is 254. The topological polar surface area (TPSA) is 37.3 Å². The molecule has 0 unspecified atom stereocenters. The first-order valence-corrected chi connectivity index (χ1v) is 6.62. The smallest absolute Gasteiger partial charge is 0.331 e. The third-order valence-corrected chi connectivity index (χ3v) is 4.49. The zero-order chi connectivity index (χ0) is 11.5. The van der Waals surface area contributed by atoms with Gasteiger partial charge in [0.05, 0.1) is 0 Å². The molecule has 16 heavy (non-hydrogen) atoms. The number of hydrogen-bond acceptors (Lipinski definition) is 1. The minimum Gasteiger partial charge on any atom is -0.478 e. The molecule has 2 nitrogen and oxygen atoms in total. The third kappa shape index (κ3) is 2.31. The van der Waals surface area contributed by atoms with Gasteiger partial charge in [0.1, 0.15) is 0 Å². The third-order valence-electron chi connectivity index (χ3n) is 4.49. The van der Waals surface area contributed by atoms with E-state index in [0.29, 0.717) is 17.4 Å². The summed E-state index contributed by atoms with van der Waals surface area (Å²) in [6, 6.07) is 0. The first kappa shape index (κ1) is 11.7. The summed E-state index contributed by atoms with van der Waals surface area (Å²) in [6.45, 7) is 3.84. The standard InChI is InChI=1S/C14H22O2/c1-10(14(15)16)13(11-6-2-3-7-11)12-8-4-5-9-12/h11-13H,1-9H2,(H,15,16). The van der Waals surface area contributed by atoms with Gasteiger partial charge in [-0.1, -0.05) is 32.3 Å². The Kier molecular flexibility index (Phi) is 3.67. The molecule has 2 saturated carbocycles. The van der Waals surface area contributed by atoms with E-state index in [1.165, 1.54) is 51.4 Å². The lowest BCUT2D eigenvalue weighted by Gasteiger charge is -2.29. The number of hydrogen-bond donors (Lipinski definition) is 1. The number of carboxylic acids is 1. The highest BCUT2D eigenvalue weighted by molar-refractivity contribution is 5.86. The van der Waals surface area contributed by atoms with E-state index in [9.17, 15) is 9.90 Å². The minimum atomic E-state index is -0.774. The maximum absolute atomic E-state index is 11.2. The van der Waals surface area contributed by atoms with Crippen molar-refractivity contribution in [1.82, 2.24) is 0 Å². The maximum Gasteiger partial charge on any atom is 0.331 e. The van der Waals surface area contributed by atoms with Crippen molar-refractivity contribution in [2.24, 2.45) is 17.8 Å². The summed E-state index contributed by atoms with van der Waals surface area (Å²) in [5, 5.41) is 9.17. The van der Waals surface area contributed by atoms with Crippen LogP contribution in [0, 0.1) is 17.8 Å². The molecule has 0 saturated heterocycles. The Morgan fingerprint density at radius 3 is 1.69 bits per heavy atom. The van der Waals surface area contributed by atoms with E-state index in [1.807, 2.05) is 0 Å². The molecule has 1 N–H and O–H groups in total. The first-order chi connectivity index (χ1) is 7.70. The van der Waals surface area contributed by atoms with Crippen LogP contribution >= 0.6 is 0 Å². The van der Waals surface area contributed by atoms with E-state index in [2.05, 4.69) is 6.58 Å². The summed E-state index contributed by atoms with van der Waals surface area (Å²) in [5.74, 6) is 0.699. The molecular formula is C14H22O2. The largest absolute Gasteiger partial charge is 0.478 e. The van der Waals surface area contributed by atoms with Gasteiger partial charge in [0.15, 0.2) is 0 Å². The van der Waals surface area contributed by atoms with Crippen molar-refractivity contribution in [2.75, 3.05) is 0 Å². The molecule has 0 aromatic rings. The van der Waals surface area contributed by atoms with Crippen LogP contribution in [-0.2, 0) is 4.79 Å². The van der Waals surface area contributed by atoms with Crippen molar-refractivity contribution >= 4 is 5.97 Å². The van der Waals surface area contributed by atoms with Crippen molar-refractivity contribution in [3.63, 3.8) is 0 Å². The average Bonchev–Trinajstić information content (AvgIpc) is 2.89. The molecule has 2 aliphatic rings. The Hall–Kier alpha value is -0.790. The quantitative estimate of drug-likeness (QED) is 0.737. The van der Waals surface area contributed by atoms with Crippen LogP contribution in [0.4, 0.5) is 0 Å². The van der Waals surface area contributed by atoms with Crippen molar-refractivity contribution in [3.8, 4) is 0 Å². The summed E-state index contributed by atoms with van der Waals surface area (Å²) in [7, 11) is 0. The fourth-order valence-electron chi connectivity index (χ4n) is 3.73. The van der Waals surface area contributed by atoms with Gasteiger partial charge in [-0.2, -0.15) is 0 Å². The second-order valence-electron chi connectivity index (χ2n) is 5.45. The second-order valence-corrected chi connectivity index (χ2v) is 5.45. The van der Waals surface area contributed by atoms with E-state index in [4.69, 9.17) is 0 Å². The molecule has 0 atom stereocenters. The molecule has 0 amide bonds. The summed E-state index contributed by atoms with van der Waals surface area (Å²) in [4.78, 5) is 11.2. The predicted molar refractivity (Wildman–Crippen MR) is 64.2 cm³/mol. The Labute approximate surface area is 97.7 Å². The summed E-state index contributed by atoms with van der Waals surface area (Å²) < 4.78 is 0. The van der Waals surface area contributed by atoms with Crippen LogP contribution in [0.2, 0.25) is 0 Å². The summed E-state index contributed by atoms with van der Waals surface area (Å²) in [6.07, 6.45) is 9.98. The lowest BCUT2D eigenvalue weighted by atomic mass is 9.75. The van der Waals surface area contributed by atoms with Gasteiger partial charge in [-0.15, -0.1) is 0 Å². The molecule has 2 aliphatic carbocycles. The van der Waals surface area contributed by atoms with Crippen LogP contribution in [0.1, 0.15) is 51.4 Å². The minimum absolute atomic E-state index is 0.266. The lowest BCUT2D eigenvalue weighted by molar-refractivity contribution is -0.133. The van der Waals surface area contributed by atoms with Gasteiger partial charge in [0.2, 0.25) is 0 Å². The highest BCUT2D eigenvalue weighted by Crippen LogP contribution is 2.44. The van der Waals surface area contributed by atoms with Crippen LogP contribution in [0.25, 0.3) is 0 Å². The second kappa shape index (κ2) is 5.03. The first-order valence-electron chi connectivity index (χ1n) is 6.62. The maximum atomic E-state index is 11.2. The zero-order valence-corrected chi connectivity index (χ0v) is 9.95. The van der Waals surface area contributed by atoms with Gasteiger partial charge < -0.3 is 5.11 Å². The number of carboxylic acid groups (broad SMARTS) is 1. The SMILES string of the molecule is C=C(C(=O)O)C(C1CCCC1)C1CCCC1. The lowest BCUT2D eigenvalue weighted by Crippen LogP contribution is -2.25. The number of rotatable bonds is 4. The van der Waals surface area contributed by atoms with E-state index in [-0.39, 0.29) is 5.92 Å². The zero-order valence-electron chi connectivity index (χ0n) is 9.95. The fourth-order valence-corrected chi connectivity index (χ4v) is 3.73. The van der Waals surface area contributed by atoms with Crippen molar-refractivity contribution in [2.45, 2.75) is 51.4 Å². The Balaban J connectivity index is 2.10. The van der Waals surface area contributed by atoms with Gasteiger partial charge >= 0.3 is 5.97 Å². The highest BCUT2D eigenvalue weighted by atomic mass is 16.4. The van der Waals surface area contributed by atoms with Gasteiger partial charge in [0, 0.05) is 5.57 Å². The molecule has 0 aliphatic heterocycles. The molecule has 2 heteroatoms. The summed E-state index contributed by atoms with van der Waals surface area (Å²) >= 11 is 0. The van der Waals surface area contributed by atoms with Crippen molar-refractivity contribution < 1.29 is 9.90 Å². The van der Waals surface area contributed by atoms with Crippen LogP contribution in [0.5, 0.6) is 0 Å². The molecule has 2 fully saturated rings. The monoisotopic (exact) mass is 222 g/mol. The van der Waals surface area contributed by atoms with Crippen LogP contribution in [0.15, 0.2) is 12.2 Å². The van der Waals surface area contributed by atoms with E-state index < -0.39 is 5.97 Å². The average molecular weight is 222 g/mol. The van der Waals surface area contributed by atoms with E-state index in [1.54, 1.807) is 0 Å². The van der Waals surface area contributed by atoms with E-state index in [0.717, 1.165) is 0 Å². The predicted octanol–water partition coefficient (Wildman–Crippen LogP) is 3.62. The van der Waals surface area contributed by atoms with Crippen molar-refractivity contribution in [3.05, 3.63) is 12.2 Å². The molecular weight excluding hydrogens is 200 g/mol. The number of carbonyl (C=O) groups is 1.